The van der Waals surface area contributed by atoms with E-state index in [9.17, 15) is 13.2 Å². The maximum absolute atomic E-state index is 13.0. The number of hydrogen-bond donors (Lipinski definition) is 1. The molecule has 2 aromatic carbocycles. The van der Waals surface area contributed by atoms with E-state index in [-0.39, 0.29) is 16.8 Å². The summed E-state index contributed by atoms with van der Waals surface area (Å²) in [6.45, 7) is 8.91. The molecule has 1 atom stereocenters. The third-order valence-electron chi connectivity index (χ3n) is 5.66. The van der Waals surface area contributed by atoms with E-state index >= 15 is 0 Å². The largest absolute Gasteiger partial charge is 0.345 e. The Balaban J connectivity index is 1.85. The predicted octanol–water partition coefficient (Wildman–Crippen LogP) is 4.28. The van der Waals surface area contributed by atoms with Crippen LogP contribution < -0.4 is 5.32 Å². The van der Waals surface area contributed by atoms with Gasteiger partial charge in [-0.3, -0.25) is 4.79 Å². The van der Waals surface area contributed by atoms with E-state index in [2.05, 4.69) is 11.4 Å². The average Bonchev–Trinajstić information content (AvgIpc) is 2.70. The molecule has 1 N–H and O–H groups in total. The fourth-order valence-corrected chi connectivity index (χ4v) is 5.38. The molecule has 0 saturated carbocycles. The zero-order valence-corrected chi connectivity index (χ0v) is 18.5. The summed E-state index contributed by atoms with van der Waals surface area (Å²) in [6, 6.07) is 10.8. The summed E-state index contributed by atoms with van der Waals surface area (Å²) in [4.78, 5) is 13.2. The Morgan fingerprint density at radius 1 is 0.966 bits per heavy atom. The van der Waals surface area contributed by atoms with Crippen LogP contribution in [-0.4, -0.2) is 31.7 Å². The van der Waals surface area contributed by atoms with Gasteiger partial charge in [-0.25, -0.2) is 8.42 Å². The first-order valence-electron chi connectivity index (χ1n) is 10.2. The Morgan fingerprint density at radius 3 is 2.31 bits per heavy atom. The fourth-order valence-electron chi connectivity index (χ4n) is 3.84. The SMILES string of the molecule is Cc1ccc(C)c([C@@H](C)NC(=O)c2cc(S(=O)(=O)N3CCCCC3)ccc2C)c1. The van der Waals surface area contributed by atoms with E-state index in [4.69, 9.17) is 0 Å². The lowest BCUT2D eigenvalue weighted by molar-refractivity contribution is 0.0939. The number of hydrogen-bond acceptors (Lipinski definition) is 3. The number of carbonyl (C=O) groups is 1. The van der Waals surface area contributed by atoms with E-state index in [1.807, 2.05) is 39.8 Å². The number of rotatable bonds is 5. The summed E-state index contributed by atoms with van der Waals surface area (Å²) in [7, 11) is -3.57. The molecule has 1 aliphatic rings. The van der Waals surface area contributed by atoms with E-state index in [0.717, 1.165) is 41.5 Å². The maximum Gasteiger partial charge on any atom is 0.252 e. The van der Waals surface area contributed by atoms with Crippen molar-refractivity contribution in [2.75, 3.05) is 13.1 Å². The van der Waals surface area contributed by atoms with Crippen molar-refractivity contribution in [2.24, 2.45) is 0 Å². The number of amides is 1. The summed E-state index contributed by atoms with van der Waals surface area (Å²) in [5, 5.41) is 3.03. The molecular formula is C23H30N2O3S. The second-order valence-corrected chi connectivity index (χ2v) is 9.93. The first-order chi connectivity index (χ1) is 13.7. The van der Waals surface area contributed by atoms with Crippen molar-refractivity contribution in [3.8, 4) is 0 Å². The van der Waals surface area contributed by atoms with Crippen LogP contribution in [-0.2, 0) is 10.0 Å². The summed E-state index contributed by atoms with van der Waals surface area (Å²) in [5.74, 6) is -0.258. The standard InChI is InChI=1S/C23H30N2O3S/c1-16-8-9-17(2)21(14-16)19(4)24-23(26)22-15-20(11-10-18(22)3)29(27,28)25-12-6-5-7-13-25/h8-11,14-15,19H,5-7,12-13H2,1-4H3,(H,24,26)/t19-/m1/s1. The Kier molecular flexibility index (Phi) is 6.44. The molecule has 0 radical (unpaired) electrons. The van der Waals surface area contributed by atoms with Gasteiger partial charge < -0.3 is 5.32 Å². The van der Waals surface area contributed by atoms with Gasteiger partial charge in [0.2, 0.25) is 10.0 Å². The molecule has 1 amide bonds. The molecule has 5 nitrogen and oxygen atoms in total. The van der Waals surface area contributed by atoms with Crippen LogP contribution in [0.15, 0.2) is 41.3 Å². The highest BCUT2D eigenvalue weighted by Crippen LogP contribution is 2.24. The van der Waals surface area contributed by atoms with Gasteiger partial charge in [0.1, 0.15) is 0 Å². The molecule has 2 aromatic rings. The monoisotopic (exact) mass is 414 g/mol. The lowest BCUT2D eigenvalue weighted by Crippen LogP contribution is -2.36. The van der Waals surface area contributed by atoms with Crippen molar-refractivity contribution in [1.29, 1.82) is 0 Å². The second kappa shape index (κ2) is 8.67. The van der Waals surface area contributed by atoms with E-state index < -0.39 is 10.0 Å². The fraction of sp³-hybridized carbons (Fsp3) is 0.435. The van der Waals surface area contributed by atoms with E-state index in [1.165, 1.54) is 10.4 Å². The minimum Gasteiger partial charge on any atom is -0.345 e. The highest BCUT2D eigenvalue weighted by Gasteiger charge is 2.27. The van der Waals surface area contributed by atoms with Crippen molar-refractivity contribution in [1.82, 2.24) is 9.62 Å². The second-order valence-electron chi connectivity index (χ2n) is 8.00. The Labute approximate surface area is 174 Å². The molecule has 0 bridgehead atoms. The first kappa shape index (κ1) is 21.5. The Morgan fingerprint density at radius 2 is 1.62 bits per heavy atom. The molecule has 0 unspecified atom stereocenters. The Bertz CT molecular complexity index is 1010. The molecule has 1 saturated heterocycles. The molecule has 156 valence electrons. The molecule has 1 fully saturated rings. The topological polar surface area (TPSA) is 66.5 Å². The smallest absolute Gasteiger partial charge is 0.252 e. The summed E-state index contributed by atoms with van der Waals surface area (Å²) in [5.41, 5.74) is 4.47. The van der Waals surface area contributed by atoms with Crippen molar-refractivity contribution in [3.05, 3.63) is 64.2 Å². The quantitative estimate of drug-likeness (QED) is 0.794. The highest BCUT2D eigenvalue weighted by molar-refractivity contribution is 7.89. The van der Waals surface area contributed by atoms with Gasteiger partial charge in [0.05, 0.1) is 10.9 Å². The number of carbonyl (C=O) groups excluding carboxylic acids is 1. The number of nitrogens with one attached hydrogen (secondary N) is 1. The van der Waals surface area contributed by atoms with E-state index in [0.29, 0.717) is 18.7 Å². The highest BCUT2D eigenvalue weighted by atomic mass is 32.2. The van der Waals surface area contributed by atoms with Crippen LogP contribution in [0.2, 0.25) is 0 Å². The van der Waals surface area contributed by atoms with Crippen LogP contribution in [0.25, 0.3) is 0 Å². The average molecular weight is 415 g/mol. The molecule has 6 heteroatoms. The summed E-state index contributed by atoms with van der Waals surface area (Å²) < 4.78 is 27.5. The molecule has 1 aliphatic heterocycles. The number of sulfonamides is 1. The van der Waals surface area contributed by atoms with Gasteiger partial charge in [0.15, 0.2) is 0 Å². The van der Waals surface area contributed by atoms with Gasteiger partial charge in [0, 0.05) is 18.7 Å². The van der Waals surface area contributed by atoms with Crippen LogP contribution in [0.1, 0.15) is 64.8 Å². The van der Waals surface area contributed by atoms with Gasteiger partial charge in [-0.1, -0.05) is 36.2 Å². The van der Waals surface area contributed by atoms with Crippen LogP contribution in [0.3, 0.4) is 0 Å². The van der Waals surface area contributed by atoms with Gasteiger partial charge in [-0.05, 0) is 69.4 Å². The van der Waals surface area contributed by atoms with Gasteiger partial charge in [0.25, 0.3) is 5.91 Å². The van der Waals surface area contributed by atoms with Crippen LogP contribution in [0.5, 0.6) is 0 Å². The van der Waals surface area contributed by atoms with Crippen molar-refractivity contribution in [2.45, 2.75) is 57.9 Å². The zero-order chi connectivity index (χ0) is 21.2. The molecule has 0 aromatic heterocycles. The number of piperidine rings is 1. The van der Waals surface area contributed by atoms with Crippen LogP contribution in [0.4, 0.5) is 0 Å². The Hall–Kier alpha value is -2.18. The summed E-state index contributed by atoms with van der Waals surface area (Å²) >= 11 is 0. The number of aryl methyl sites for hydroxylation is 3. The number of benzene rings is 2. The molecular weight excluding hydrogens is 384 g/mol. The lowest BCUT2D eigenvalue weighted by Gasteiger charge is -2.26. The molecule has 0 spiro atoms. The summed E-state index contributed by atoms with van der Waals surface area (Å²) in [6.07, 6.45) is 2.82. The molecule has 0 aliphatic carbocycles. The van der Waals surface area contributed by atoms with Crippen LogP contribution >= 0.6 is 0 Å². The minimum absolute atomic E-state index is 0.177. The molecule has 1 heterocycles. The van der Waals surface area contributed by atoms with Gasteiger partial charge in [-0.2, -0.15) is 4.31 Å². The van der Waals surface area contributed by atoms with Crippen LogP contribution in [0, 0.1) is 20.8 Å². The normalized spacial score (nSPS) is 16.4. The zero-order valence-electron chi connectivity index (χ0n) is 17.7. The van der Waals surface area contributed by atoms with Crippen molar-refractivity contribution in [3.63, 3.8) is 0 Å². The molecule has 29 heavy (non-hydrogen) atoms. The third kappa shape index (κ3) is 4.70. The van der Waals surface area contributed by atoms with Gasteiger partial charge in [-0.15, -0.1) is 0 Å². The number of nitrogens with zero attached hydrogens (tertiary/aromatic N) is 1. The van der Waals surface area contributed by atoms with Gasteiger partial charge >= 0.3 is 0 Å². The lowest BCUT2D eigenvalue weighted by atomic mass is 9.99. The molecule has 3 rings (SSSR count). The maximum atomic E-state index is 13.0. The van der Waals surface area contributed by atoms with E-state index in [1.54, 1.807) is 12.1 Å². The minimum atomic E-state index is -3.57. The van der Waals surface area contributed by atoms with Crippen molar-refractivity contribution >= 4 is 15.9 Å². The third-order valence-corrected chi connectivity index (χ3v) is 7.55. The van der Waals surface area contributed by atoms with Crippen molar-refractivity contribution < 1.29 is 13.2 Å². The predicted molar refractivity (Wildman–Crippen MR) is 116 cm³/mol. The first-order valence-corrected chi connectivity index (χ1v) is 11.6.